The molecular formula is C29H30ClN3O5. The van der Waals surface area contributed by atoms with Gasteiger partial charge in [-0.1, -0.05) is 42.8 Å². The van der Waals surface area contributed by atoms with E-state index >= 15 is 0 Å². The number of hydrogen-bond donors (Lipinski definition) is 1. The number of rotatable bonds is 9. The maximum atomic E-state index is 13.7. The van der Waals surface area contributed by atoms with Gasteiger partial charge in [-0.2, -0.15) is 0 Å². The Hall–Kier alpha value is -4.04. The Morgan fingerprint density at radius 2 is 1.45 bits per heavy atom. The van der Waals surface area contributed by atoms with Gasteiger partial charge in [0.1, 0.15) is 0 Å². The second-order valence-corrected chi connectivity index (χ2v) is 9.53. The molecule has 1 heterocycles. The number of nitrogens with one attached hydrogen (secondary N) is 1. The highest BCUT2D eigenvalue weighted by atomic mass is 35.5. The van der Waals surface area contributed by atoms with Gasteiger partial charge in [0.15, 0.2) is 11.5 Å². The molecular weight excluding hydrogens is 506 g/mol. The maximum absolute atomic E-state index is 13.7. The van der Waals surface area contributed by atoms with Crippen molar-refractivity contribution in [2.24, 2.45) is 0 Å². The third kappa shape index (κ3) is 5.60. The van der Waals surface area contributed by atoms with E-state index in [9.17, 15) is 14.4 Å². The monoisotopic (exact) mass is 535 g/mol. The molecule has 0 radical (unpaired) electrons. The van der Waals surface area contributed by atoms with Gasteiger partial charge in [0.25, 0.3) is 11.5 Å². The van der Waals surface area contributed by atoms with Crippen molar-refractivity contribution >= 4 is 28.4 Å². The van der Waals surface area contributed by atoms with Crippen molar-refractivity contribution < 1.29 is 14.3 Å². The van der Waals surface area contributed by atoms with Crippen LogP contribution in [0.2, 0.25) is 5.02 Å². The molecule has 0 bridgehead atoms. The number of hydrogen-bond acceptors (Lipinski definition) is 5. The molecule has 1 aromatic heterocycles. The zero-order valence-corrected chi connectivity index (χ0v) is 22.5. The van der Waals surface area contributed by atoms with Gasteiger partial charge in [0.05, 0.1) is 38.2 Å². The van der Waals surface area contributed by atoms with Crippen molar-refractivity contribution in [3.63, 3.8) is 0 Å². The van der Waals surface area contributed by atoms with E-state index in [0.717, 1.165) is 12.0 Å². The predicted molar refractivity (Wildman–Crippen MR) is 149 cm³/mol. The molecule has 4 aromatic rings. The Bertz CT molecular complexity index is 1570. The minimum Gasteiger partial charge on any atom is -0.493 e. The Balaban J connectivity index is 1.80. The predicted octanol–water partition coefficient (Wildman–Crippen LogP) is 4.46. The van der Waals surface area contributed by atoms with Crippen LogP contribution in [0.3, 0.4) is 0 Å². The summed E-state index contributed by atoms with van der Waals surface area (Å²) in [6.45, 7) is 4.20. The summed E-state index contributed by atoms with van der Waals surface area (Å²) in [5.74, 6) is 0.629. The van der Waals surface area contributed by atoms with E-state index in [4.69, 9.17) is 21.1 Å². The molecule has 0 spiro atoms. The van der Waals surface area contributed by atoms with Crippen LogP contribution in [0.1, 0.15) is 41.8 Å². The van der Waals surface area contributed by atoms with E-state index in [0.29, 0.717) is 38.6 Å². The Morgan fingerprint density at radius 3 is 2.03 bits per heavy atom. The number of carbonyl (C=O) groups is 1. The van der Waals surface area contributed by atoms with Crippen LogP contribution in [0, 0.1) is 0 Å². The van der Waals surface area contributed by atoms with Crippen LogP contribution in [-0.4, -0.2) is 35.3 Å². The summed E-state index contributed by atoms with van der Waals surface area (Å²) >= 11 is 6.04. The van der Waals surface area contributed by atoms with Crippen molar-refractivity contribution in [1.82, 2.24) is 14.5 Å². The second-order valence-electron chi connectivity index (χ2n) is 9.09. The van der Waals surface area contributed by atoms with Crippen molar-refractivity contribution in [2.45, 2.75) is 39.4 Å². The third-order valence-corrected chi connectivity index (χ3v) is 6.78. The summed E-state index contributed by atoms with van der Waals surface area (Å²) in [7, 11) is 2.99. The summed E-state index contributed by atoms with van der Waals surface area (Å²) in [5.41, 5.74) is 1.58. The highest BCUT2D eigenvalue weighted by Gasteiger charge is 2.18. The fourth-order valence-corrected chi connectivity index (χ4v) is 4.29. The van der Waals surface area contributed by atoms with Gasteiger partial charge in [-0.3, -0.25) is 18.7 Å². The minimum absolute atomic E-state index is 0.0375. The zero-order valence-electron chi connectivity index (χ0n) is 21.8. The molecule has 198 valence electrons. The van der Waals surface area contributed by atoms with Gasteiger partial charge in [-0.05, 0) is 54.8 Å². The van der Waals surface area contributed by atoms with Crippen LogP contribution in [0.4, 0.5) is 0 Å². The summed E-state index contributed by atoms with van der Waals surface area (Å²) < 4.78 is 13.6. The smallest absolute Gasteiger partial charge is 0.332 e. The molecule has 0 aliphatic rings. The molecule has 0 fully saturated rings. The Morgan fingerprint density at radius 1 is 0.895 bits per heavy atom. The van der Waals surface area contributed by atoms with Gasteiger partial charge in [0, 0.05) is 22.7 Å². The molecule has 8 nitrogen and oxygen atoms in total. The third-order valence-electron chi connectivity index (χ3n) is 6.53. The number of fused-ring (bicyclic) bond motifs is 1. The number of methoxy groups -OCH3 is 2. The van der Waals surface area contributed by atoms with Crippen molar-refractivity contribution in [1.29, 1.82) is 0 Å². The molecule has 38 heavy (non-hydrogen) atoms. The summed E-state index contributed by atoms with van der Waals surface area (Å²) in [6, 6.07) is 17.4. The average Bonchev–Trinajstić information content (AvgIpc) is 2.93. The van der Waals surface area contributed by atoms with Gasteiger partial charge in [-0.25, -0.2) is 4.79 Å². The average molecular weight is 536 g/mol. The Kier molecular flexibility index (Phi) is 8.22. The minimum atomic E-state index is -0.469. The van der Waals surface area contributed by atoms with E-state index in [1.807, 2.05) is 26.0 Å². The van der Waals surface area contributed by atoms with Crippen LogP contribution < -0.4 is 26.0 Å². The molecule has 0 aliphatic heterocycles. The van der Waals surface area contributed by atoms with Crippen LogP contribution in [0.5, 0.6) is 11.5 Å². The van der Waals surface area contributed by atoms with Crippen molar-refractivity contribution in [3.05, 3.63) is 103 Å². The molecule has 1 N–H and O–H groups in total. The van der Waals surface area contributed by atoms with Crippen LogP contribution >= 0.6 is 11.6 Å². The first-order chi connectivity index (χ1) is 18.2. The molecule has 1 amide bonds. The molecule has 3 aromatic carbocycles. The number of ether oxygens (including phenoxy) is 2. The SMILES string of the molecule is CC[C@H](C)NC(=O)c1ccc(Cn2c(=O)c3cc(OC)c(OC)cc3n(Cc3ccc(Cl)cc3)c2=O)cc1. The highest BCUT2D eigenvalue weighted by molar-refractivity contribution is 6.30. The zero-order chi connectivity index (χ0) is 27.4. The quantitative estimate of drug-likeness (QED) is 0.342. The van der Waals surface area contributed by atoms with Gasteiger partial charge >= 0.3 is 5.69 Å². The Labute approximate surface area is 225 Å². The summed E-state index contributed by atoms with van der Waals surface area (Å²) in [4.78, 5) is 39.7. The van der Waals surface area contributed by atoms with E-state index in [1.165, 1.54) is 23.4 Å². The number of aromatic nitrogens is 2. The number of carbonyl (C=O) groups excluding carboxylic acids is 1. The number of nitrogens with zero attached hydrogens (tertiary/aromatic N) is 2. The lowest BCUT2D eigenvalue weighted by Crippen LogP contribution is -2.40. The summed E-state index contributed by atoms with van der Waals surface area (Å²) in [6.07, 6.45) is 0.827. The van der Waals surface area contributed by atoms with Gasteiger partial charge in [-0.15, -0.1) is 0 Å². The molecule has 0 saturated heterocycles. The molecule has 1 atom stereocenters. The first kappa shape index (κ1) is 27.0. The van der Waals surface area contributed by atoms with Crippen molar-refractivity contribution in [3.8, 4) is 11.5 Å². The van der Waals surface area contributed by atoms with E-state index in [1.54, 1.807) is 48.5 Å². The lowest BCUT2D eigenvalue weighted by molar-refractivity contribution is 0.0939. The standard InChI is InChI=1S/C29H30ClN3O5/c1-5-18(2)31-27(34)21-10-6-19(7-11-21)17-33-28(35)23-14-25(37-3)26(38-4)15-24(23)32(29(33)36)16-20-8-12-22(30)13-9-20/h6-15,18H,5,16-17H2,1-4H3,(H,31,34)/t18-/m0/s1. The number of amides is 1. The van der Waals surface area contributed by atoms with Gasteiger partial charge in [0.2, 0.25) is 0 Å². The van der Waals surface area contributed by atoms with Crippen LogP contribution in [0.25, 0.3) is 10.9 Å². The largest absolute Gasteiger partial charge is 0.493 e. The molecule has 0 unspecified atom stereocenters. The lowest BCUT2D eigenvalue weighted by Gasteiger charge is -2.17. The van der Waals surface area contributed by atoms with Crippen LogP contribution in [-0.2, 0) is 13.1 Å². The van der Waals surface area contributed by atoms with E-state index in [-0.39, 0.29) is 25.0 Å². The van der Waals surface area contributed by atoms with Gasteiger partial charge < -0.3 is 14.8 Å². The summed E-state index contributed by atoms with van der Waals surface area (Å²) in [5, 5.41) is 3.84. The van der Waals surface area contributed by atoms with Crippen LogP contribution in [0.15, 0.2) is 70.3 Å². The first-order valence-electron chi connectivity index (χ1n) is 12.3. The molecule has 0 saturated carbocycles. The highest BCUT2D eigenvalue weighted by Crippen LogP contribution is 2.30. The molecule has 0 aliphatic carbocycles. The molecule has 9 heteroatoms. The topological polar surface area (TPSA) is 91.6 Å². The van der Waals surface area contributed by atoms with E-state index in [2.05, 4.69) is 5.32 Å². The second kappa shape index (κ2) is 11.6. The lowest BCUT2D eigenvalue weighted by atomic mass is 10.1. The number of halogens is 1. The first-order valence-corrected chi connectivity index (χ1v) is 12.7. The fraction of sp³-hybridized carbons (Fsp3) is 0.276. The maximum Gasteiger partial charge on any atom is 0.332 e. The normalized spacial score (nSPS) is 11.8. The van der Waals surface area contributed by atoms with Crippen molar-refractivity contribution in [2.75, 3.05) is 14.2 Å². The fourth-order valence-electron chi connectivity index (χ4n) is 4.16. The molecule has 4 rings (SSSR count). The number of benzene rings is 3. The van der Waals surface area contributed by atoms with E-state index < -0.39 is 11.2 Å².